The summed E-state index contributed by atoms with van der Waals surface area (Å²) in [6, 6.07) is 6.68. The van der Waals surface area contributed by atoms with Crippen LogP contribution in [0.25, 0.3) is 0 Å². The van der Waals surface area contributed by atoms with Gasteiger partial charge in [-0.1, -0.05) is 12.1 Å². The van der Waals surface area contributed by atoms with Gasteiger partial charge in [0, 0.05) is 17.1 Å². The Bertz CT molecular complexity index is 388. The number of aliphatic hydroxyl groups excluding tert-OH is 1. The lowest BCUT2D eigenvalue weighted by Gasteiger charge is -2.24. The third kappa shape index (κ3) is 2.47. The number of nitrogens with zero attached hydrogens (tertiary/aromatic N) is 1. The number of anilines is 1. The topological polar surface area (TPSA) is 23.5 Å². The van der Waals surface area contributed by atoms with Crippen LogP contribution < -0.4 is 4.90 Å². The first-order chi connectivity index (χ1) is 7.76. The van der Waals surface area contributed by atoms with Gasteiger partial charge in [0.2, 0.25) is 0 Å². The maximum atomic E-state index is 9.07. The van der Waals surface area contributed by atoms with Crippen molar-refractivity contribution in [2.45, 2.75) is 25.5 Å². The monoisotopic (exact) mass is 281 g/mol. The van der Waals surface area contributed by atoms with Gasteiger partial charge in [-0.15, -0.1) is 6.58 Å². The molecule has 0 bridgehead atoms. The van der Waals surface area contributed by atoms with Crippen LogP contribution in [-0.2, 0) is 6.61 Å². The van der Waals surface area contributed by atoms with Crippen LogP contribution in [0.5, 0.6) is 0 Å². The highest BCUT2D eigenvalue weighted by Gasteiger charge is 2.29. The van der Waals surface area contributed by atoms with Crippen LogP contribution in [0, 0.1) is 0 Å². The molecule has 1 N–H and O–H groups in total. The van der Waals surface area contributed by atoms with Crippen molar-refractivity contribution >= 4 is 21.6 Å². The minimum absolute atomic E-state index is 0.0871. The van der Waals surface area contributed by atoms with Gasteiger partial charge in [0.15, 0.2) is 0 Å². The Labute approximate surface area is 105 Å². The highest BCUT2D eigenvalue weighted by molar-refractivity contribution is 9.10. The third-order valence-electron chi connectivity index (χ3n) is 2.82. The smallest absolute Gasteiger partial charge is 0.0682 e. The zero-order chi connectivity index (χ0) is 11.5. The second-order valence-electron chi connectivity index (χ2n) is 4.12. The van der Waals surface area contributed by atoms with E-state index in [4.69, 9.17) is 5.11 Å². The predicted molar refractivity (Wildman–Crippen MR) is 70.6 cm³/mol. The van der Waals surface area contributed by atoms with Crippen molar-refractivity contribution in [1.29, 1.82) is 0 Å². The lowest BCUT2D eigenvalue weighted by Crippen LogP contribution is -2.25. The van der Waals surface area contributed by atoms with Crippen molar-refractivity contribution in [3.63, 3.8) is 0 Å². The Morgan fingerprint density at radius 2 is 2.25 bits per heavy atom. The van der Waals surface area contributed by atoms with Gasteiger partial charge in [0.25, 0.3) is 0 Å². The van der Waals surface area contributed by atoms with Crippen molar-refractivity contribution in [3.05, 3.63) is 40.9 Å². The van der Waals surface area contributed by atoms with Crippen LogP contribution in [-0.4, -0.2) is 17.7 Å². The molecule has 0 spiro atoms. The number of hydrogen-bond acceptors (Lipinski definition) is 2. The summed E-state index contributed by atoms with van der Waals surface area (Å²) in [5, 5.41) is 9.07. The van der Waals surface area contributed by atoms with Crippen molar-refractivity contribution in [2.75, 3.05) is 11.4 Å². The molecule has 1 saturated carbocycles. The van der Waals surface area contributed by atoms with Crippen molar-refractivity contribution in [3.8, 4) is 0 Å². The fraction of sp³-hybridized carbons (Fsp3) is 0.385. The highest BCUT2D eigenvalue weighted by Crippen LogP contribution is 2.36. The van der Waals surface area contributed by atoms with E-state index in [2.05, 4.69) is 33.5 Å². The summed E-state index contributed by atoms with van der Waals surface area (Å²) in [6.07, 6.45) is 4.47. The van der Waals surface area contributed by atoms with Gasteiger partial charge in [-0.3, -0.25) is 0 Å². The molecular formula is C13H16BrNO. The van der Waals surface area contributed by atoms with Crippen LogP contribution in [0.15, 0.2) is 35.3 Å². The first kappa shape index (κ1) is 11.7. The number of aliphatic hydroxyl groups is 1. The summed E-state index contributed by atoms with van der Waals surface area (Å²) < 4.78 is 1.05. The molecule has 0 atom stereocenters. The molecular weight excluding hydrogens is 266 g/mol. The molecule has 2 rings (SSSR count). The van der Waals surface area contributed by atoms with Gasteiger partial charge in [-0.25, -0.2) is 0 Å². The molecule has 86 valence electrons. The van der Waals surface area contributed by atoms with E-state index >= 15 is 0 Å². The zero-order valence-corrected chi connectivity index (χ0v) is 10.8. The molecule has 0 amide bonds. The molecule has 16 heavy (non-hydrogen) atoms. The van der Waals surface area contributed by atoms with Crippen LogP contribution >= 0.6 is 15.9 Å². The van der Waals surface area contributed by atoms with Crippen LogP contribution in [0.2, 0.25) is 0 Å². The Morgan fingerprint density at radius 3 is 2.75 bits per heavy atom. The summed E-state index contributed by atoms with van der Waals surface area (Å²) in [5.74, 6) is 0. The van der Waals surface area contributed by atoms with E-state index in [-0.39, 0.29) is 6.61 Å². The molecule has 0 radical (unpaired) electrons. The Balaban J connectivity index is 2.26. The fourth-order valence-corrected chi connectivity index (χ4v) is 2.51. The maximum absolute atomic E-state index is 9.07. The average Bonchev–Trinajstić information content (AvgIpc) is 3.10. The molecule has 0 saturated heterocycles. The van der Waals surface area contributed by atoms with Gasteiger partial charge < -0.3 is 10.0 Å². The minimum atomic E-state index is 0.0871. The van der Waals surface area contributed by atoms with E-state index in [1.165, 1.54) is 18.5 Å². The van der Waals surface area contributed by atoms with Gasteiger partial charge in [0.05, 0.1) is 12.3 Å². The highest BCUT2D eigenvalue weighted by atomic mass is 79.9. The molecule has 0 heterocycles. The van der Waals surface area contributed by atoms with Crippen LogP contribution in [0.3, 0.4) is 0 Å². The van der Waals surface area contributed by atoms with E-state index in [0.29, 0.717) is 6.04 Å². The number of benzene rings is 1. The third-order valence-corrected chi connectivity index (χ3v) is 3.45. The molecule has 1 aliphatic rings. The maximum Gasteiger partial charge on any atom is 0.0682 e. The molecule has 1 aromatic rings. The quantitative estimate of drug-likeness (QED) is 0.839. The first-order valence-corrected chi connectivity index (χ1v) is 6.32. The predicted octanol–water partition coefficient (Wildman–Crippen LogP) is 3.10. The van der Waals surface area contributed by atoms with Gasteiger partial charge in [-0.2, -0.15) is 0 Å². The minimum Gasteiger partial charge on any atom is -0.392 e. The Kier molecular flexibility index (Phi) is 3.66. The number of halogens is 1. The van der Waals surface area contributed by atoms with Crippen molar-refractivity contribution < 1.29 is 5.11 Å². The molecule has 1 aromatic carbocycles. The first-order valence-electron chi connectivity index (χ1n) is 5.53. The number of hydrogen-bond donors (Lipinski definition) is 1. The van der Waals surface area contributed by atoms with Crippen molar-refractivity contribution in [1.82, 2.24) is 0 Å². The SMILES string of the molecule is C=CCN(c1ccc(CO)cc1Br)C1CC1. The van der Waals surface area contributed by atoms with Gasteiger partial charge in [0.1, 0.15) is 0 Å². The summed E-state index contributed by atoms with van der Waals surface area (Å²) in [5.41, 5.74) is 2.13. The fourth-order valence-electron chi connectivity index (χ4n) is 1.85. The van der Waals surface area contributed by atoms with E-state index < -0.39 is 0 Å². The Hall–Kier alpha value is -0.800. The Morgan fingerprint density at radius 1 is 1.50 bits per heavy atom. The molecule has 1 fully saturated rings. The van der Waals surface area contributed by atoms with Crippen LogP contribution in [0.4, 0.5) is 5.69 Å². The van der Waals surface area contributed by atoms with Gasteiger partial charge >= 0.3 is 0 Å². The lowest BCUT2D eigenvalue weighted by molar-refractivity contribution is 0.282. The van der Waals surface area contributed by atoms with Crippen LogP contribution in [0.1, 0.15) is 18.4 Å². The van der Waals surface area contributed by atoms with Gasteiger partial charge in [-0.05, 0) is 46.5 Å². The largest absolute Gasteiger partial charge is 0.392 e. The second-order valence-corrected chi connectivity index (χ2v) is 4.97. The average molecular weight is 282 g/mol. The summed E-state index contributed by atoms with van der Waals surface area (Å²) >= 11 is 3.57. The molecule has 0 unspecified atom stereocenters. The summed E-state index contributed by atoms with van der Waals surface area (Å²) in [7, 11) is 0. The molecule has 1 aliphatic carbocycles. The second kappa shape index (κ2) is 5.02. The molecule has 0 aromatic heterocycles. The van der Waals surface area contributed by atoms with E-state index in [0.717, 1.165) is 16.6 Å². The zero-order valence-electron chi connectivity index (χ0n) is 9.19. The van der Waals surface area contributed by atoms with E-state index in [1.807, 2.05) is 18.2 Å². The normalized spacial score (nSPS) is 14.9. The standard InChI is InChI=1S/C13H16BrNO/c1-2-7-15(11-4-5-11)13-6-3-10(9-16)8-12(13)14/h2-3,6,8,11,16H,1,4-5,7,9H2. The van der Waals surface area contributed by atoms with E-state index in [1.54, 1.807) is 0 Å². The molecule has 3 heteroatoms. The number of rotatable bonds is 5. The summed E-state index contributed by atoms with van der Waals surface area (Å²) in [6.45, 7) is 4.77. The summed E-state index contributed by atoms with van der Waals surface area (Å²) in [4.78, 5) is 2.36. The molecule has 2 nitrogen and oxygen atoms in total. The van der Waals surface area contributed by atoms with E-state index in [9.17, 15) is 0 Å². The molecule has 0 aliphatic heterocycles. The van der Waals surface area contributed by atoms with Crippen molar-refractivity contribution in [2.24, 2.45) is 0 Å². The lowest BCUT2D eigenvalue weighted by atomic mass is 10.2.